The number of hydrogen-bond donors (Lipinski definition) is 0. The van der Waals surface area contributed by atoms with Crippen molar-refractivity contribution in [3.05, 3.63) is 53.2 Å². The quantitative estimate of drug-likeness (QED) is 0.762. The first-order chi connectivity index (χ1) is 11.4. The maximum absolute atomic E-state index is 12.9. The third-order valence-corrected chi connectivity index (χ3v) is 3.70. The summed E-state index contributed by atoms with van der Waals surface area (Å²) in [6, 6.07) is 9.59. The number of carbonyl (C=O) groups excluding carboxylic acids is 2. The summed E-state index contributed by atoms with van der Waals surface area (Å²) in [6.07, 6.45) is 0. The summed E-state index contributed by atoms with van der Waals surface area (Å²) >= 11 is 0. The lowest BCUT2D eigenvalue weighted by Crippen LogP contribution is -2.37. The number of carbonyl (C=O) groups is 2. The van der Waals surface area contributed by atoms with Gasteiger partial charge in [0.25, 0.3) is 5.91 Å². The van der Waals surface area contributed by atoms with E-state index in [0.717, 1.165) is 5.56 Å². The zero-order chi connectivity index (χ0) is 17.7. The molecule has 0 N–H and O–H groups in total. The number of amides is 1. The second-order valence-electron chi connectivity index (χ2n) is 5.74. The van der Waals surface area contributed by atoms with E-state index >= 15 is 0 Å². The molecule has 0 unspecified atom stereocenters. The molecule has 1 amide bonds. The number of methoxy groups -OCH3 is 1. The van der Waals surface area contributed by atoms with Crippen molar-refractivity contribution in [2.45, 2.75) is 27.3 Å². The maximum Gasteiger partial charge on any atom is 0.310 e. The third kappa shape index (κ3) is 4.22. The zero-order valence-corrected chi connectivity index (χ0v) is 14.4. The van der Waals surface area contributed by atoms with Gasteiger partial charge in [0.15, 0.2) is 5.89 Å². The molecular formula is C18H22N2O4. The van der Waals surface area contributed by atoms with Crippen LogP contribution in [-0.4, -0.2) is 35.4 Å². The molecule has 1 aromatic heterocycles. The van der Waals surface area contributed by atoms with Gasteiger partial charge in [0.05, 0.1) is 18.7 Å². The largest absolute Gasteiger partial charge is 0.469 e. The molecule has 0 bridgehead atoms. The highest BCUT2D eigenvalue weighted by Gasteiger charge is 2.26. The molecule has 0 aliphatic rings. The average molecular weight is 330 g/mol. The van der Waals surface area contributed by atoms with Gasteiger partial charge in [0.1, 0.15) is 0 Å². The highest BCUT2D eigenvalue weighted by Crippen LogP contribution is 2.17. The number of nitrogens with zero attached hydrogens (tertiary/aromatic N) is 2. The highest BCUT2D eigenvalue weighted by atomic mass is 16.5. The average Bonchev–Trinajstić information content (AvgIpc) is 2.92. The molecule has 0 aliphatic heterocycles. The molecular weight excluding hydrogens is 308 g/mol. The maximum atomic E-state index is 12.9. The van der Waals surface area contributed by atoms with Crippen molar-refractivity contribution in [2.24, 2.45) is 5.92 Å². The van der Waals surface area contributed by atoms with Gasteiger partial charge in [-0.15, -0.1) is 0 Å². The third-order valence-electron chi connectivity index (χ3n) is 3.70. The van der Waals surface area contributed by atoms with Crippen LogP contribution in [0.5, 0.6) is 0 Å². The molecule has 1 heterocycles. The van der Waals surface area contributed by atoms with Crippen molar-refractivity contribution >= 4 is 11.9 Å². The molecule has 0 saturated carbocycles. The minimum absolute atomic E-state index is 0.209. The molecule has 6 heteroatoms. The predicted molar refractivity (Wildman–Crippen MR) is 88.3 cm³/mol. The summed E-state index contributed by atoms with van der Waals surface area (Å²) in [5, 5.41) is 0. The topological polar surface area (TPSA) is 72.6 Å². The molecule has 1 atom stereocenters. The number of ether oxygens (including phenoxy) is 1. The molecule has 24 heavy (non-hydrogen) atoms. The number of benzene rings is 1. The molecule has 0 aliphatic carbocycles. The molecule has 2 rings (SSSR count). The van der Waals surface area contributed by atoms with Gasteiger partial charge in [-0.05, 0) is 12.5 Å². The van der Waals surface area contributed by atoms with Crippen molar-refractivity contribution in [3.63, 3.8) is 0 Å². The van der Waals surface area contributed by atoms with Crippen LogP contribution in [0.15, 0.2) is 34.7 Å². The summed E-state index contributed by atoms with van der Waals surface area (Å²) < 4.78 is 10.2. The number of esters is 1. The Morgan fingerprint density at radius 1 is 1.25 bits per heavy atom. The SMILES string of the molecule is COC(=O)[C@@H](C)CN(Cc1ccccc1)C(=O)c1oc(C)nc1C. The number of aryl methyl sites for hydroxylation is 2. The Hall–Kier alpha value is -2.63. The van der Waals surface area contributed by atoms with Crippen LogP contribution < -0.4 is 0 Å². The Balaban J connectivity index is 2.26. The van der Waals surface area contributed by atoms with Gasteiger partial charge in [-0.3, -0.25) is 9.59 Å². The fourth-order valence-electron chi connectivity index (χ4n) is 2.50. The van der Waals surface area contributed by atoms with Crippen molar-refractivity contribution in [1.82, 2.24) is 9.88 Å². The Bertz CT molecular complexity index is 709. The molecule has 0 radical (unpaired) electrons. The summed E-state index contributed by atoms with van der Waals surface area (Å²) in [7, 11) is 1.34. The molecule has 0 spiro atoms. The summed E-state index contributed by atoms with van der Waals surface area (Å²) in [5.41, 5.74) is 1.51. The first kappa shape index (κ1) is 17.7. The number of rotatable bonds is 6. The lowest BCUT2D eigenvalue weighted by molar-refractivity contribution is -0.145. The molecule has 6 nitrogen and oxygen atoms in total. The molecule has 2 aromatic rings. The molecule has 128 valence electrons. The van der Waals surface area contributed by atoms with Crippen LogP contribution in [0.3, 0.4) is 0 Å². The van der Waals surface area contributed by atoms with E-state index in [1.165, 1.54) is 7.11 Å². The van der Waals surface area contributed by atoms with Crippen LogP contribution in [0.4, 0.5) is 0 Å². The Kier molecular flexibility index (Phi) is 5.73. The predicted octanol–water partition coefficient (Wildman–Crippen LogP) is 2.74. The normalized spacial score (nSPS) is 11.8. The number of aromatic nitrogens is 1. The van der Waals surface area contributed by atoms with E-state index in [0.29, 0.717) is 18.1 Å². The summed E-state index contributed by atoms with van der Waals surface area (Å²) in [4.78, 5) is 30.3. The summed E-state index contributed by atoms with van der Waals surface area (Å²) in [5.74, 6) is -0.428. The van der Waals surface area contributed by atoms with Gasteiger partial charge in [-0.1, -0.05) is 37.3 Å². The van der Waals surface area contributed by atoms with Gasteiger partial charge in [-0.2, -0.15) is 0 Å². The van der Waals surface area contributed by atoms with Crippen molar-refractivity contribution < 1.29 is 18.7 Å². The van der Waals surface area contributed by atoms with E-state index in [2.05, 4.69) is 4.98 Å². The van der Waals surface area contributed by atoms with Crippen LogP contribution >= 0.6 is 0 Å². The Labute approximate surface area is 141 Å². The summed E-state index contributed by atoms with van der Waals surface area (Å²) in [6.45, 7) is 5.77. The Morgan fingerprint density at radius 3 is 2.46 bits per heavy atom. The van der Waals surface area contributed by atoms with E-state index in [4.69, 9.17) is 9.15 Å². The first-order valence-corrected chi connectivity index (χ1v) is 7.77. The fraction of sp³-hybridized carbons (Fsp3) is 0.389. The molecule has 0 fully saturated rings. The first-order valence-electron chi connectivity index (χ1n) is 7.77. The van der Waals surface area contributed by atoms with Crippen LogP contribution in [0.25, 0.3) is 0 Å². The smallest absolute Gasteiger partial charge is 0.310 e. The second-order valence-corrected chi connectivity index (χ2v) is 5.74. The zero-order valence-electron chi connectivity index (χ0n) is 14.4. The monoisotopic (exact) mass is 330 g/mol. The van der Waals surface area contributed by atoms with E-state index in [-0.39, 0.29) is 24.2 Å². The van der Waals surface area contributed by atoms with E-state index in [1.54, 1.807) is 25.7 Å². The lowest BCUT2D eigenvalue weighted by atomic mass is 10.1. The van der Waals surface area contributed by atoms with Crippen LogP contribution in [0.2, 0.25) is 0 Å². The van der Waals surface area contributed by atoms with Crippen LogP contribution in [0, 0.1) is 19.8 Å². The van der Waals surface area contributed by atoms with E-state index in [1.807, 2.05) is 30.3 Å². The second kappa shape index (κ2) is 7.77. The molecule has 0 saturated heterocycles. The minimum Gasteiger partial charge on any atom is -0.469 e. The van der Waals surface area contributed by atoms with Gasteiger partial charge in [0, 0.05) is 20.0 Å². The number of oxazole rings is 1. The Morgan fingerprint density at radius 2 is 1.92 bits per heavy atom. The van der Waals surface area contributed by atoms with Gasteiger partial charge in [-0.25, -0.2) is 4.98 Å². The molecule has 1 aromatic carbocycles. The van der Waals surface area contributed by atoms with Crippen LogP contribution in [-0.2, 0) is 16.1 Å². The van der Waals surface area contributed by atoms with Crippen LogP contribution in [0.1, 0.15) is 34.6 Å². The van der Waals surface area contributed by atoms with E-state index in [9.17, 15) is 9.59 Å². The van der Waals surface area contributed by atoms with E-state index < -0.39 is 5.92 Å². The highest BCUT2D eigenvalue weighted by molar-refractivity contribution is 5.92. The van der Waals surface area contributed by atoms with Crippen molar-refractivity contribution in [3.8, 4) is 0 Å². The number of hydrogen-bond acceptors (Lipinski definition) is 5. The van der Waals surface area contributed by atoms with Crippen molar-refractivity contribution in [1.29, 1.82) is 0 Å². The minimum atomic E-state index is -0.438. The van der Waals surface area contributed by atoms with Crippen molar-refractivity contribution in [2.75, 3.05) is 13.7 Å². The van der Waals surface area contributed by atoms with Gasteiger partial charge < -0.3 is 14.1 Å². The van der Waals surface area contributed by atoms with Gasteiger partial charge in [0.2, 0.25) is 5.76 Å². The lowest BCUT2D eigenvalue weighted by Gasteiger charge is -2.24. The standard InChI is InChI=1S/C18H22N2O4/c1-12(18(22)23-4)10-20(11-15-8-6-5-7-9-15)17(21)16-13(2)19-14(3)24-16/h5-9,12H,10-11H2,1-4H3/t12-/m0/s1. The fourth-order valence-corrected chi connectivity index (χ4v) is 2.50. The van der Waals surface area contributed by atoms with Gasteiger partial charge >= 0.3 is 5.97 Å².